The first-order valence-electron chi connectivity index (χ1n) is 12.1. The molecule has 1 saturated heterocycles. The lowest BCUT2D eigenvalue weighted by atomic mass is 10.1. The van der Waals surface area contributed by atoms with Crippen LogP contribution in [0.15, 0.2) is 42.9 Å². The number of benzene rings is 1. The van der Waals surface area contributed by atoms with Gasteiger partial charge in [-0.05, 0) is 54.8 Å². The fraction of sp³-hybridized carbons (Fsp3) is 0.269. The number of nitrogens with zero attached hydrogens (tertiary/aromatic N) is 5. The summed E-state index contributed by atoms with van der Waals surface area (Å²) in [7, 11) is 0. The fourth-order valence-corrected chi connectivity index (χ4v) is 6.38. The molecule has 5 aromatic heterocycles. The molecule has 0 amide bonds. The zero-order valence-corrected chi connectivity index (χ0v) is 20.5. The van der Waals surface area contributed by atoms with Crippen molar-refractivity contribution in [3.63, 3.8) is 0 Å². The Balaban J connectivity index is 1.27. The molecule has 1 fully saturated rings. The van der Waals surface area contributed by atoms with Gasteiger partial charge in [-0.3, -0.25) is 0 Å². The quantitative estimate of drug-likeness (QED) is 0.337. The topological polar surface area (TPSA) is 89.9 Å². The summed E-state index contributed by atoms with van der Waals surface area (Å²) in [5, 5.41) is 7.77. The van der Waals surface area contributed by atoms with Crippen molar-refractivity contribution < 1.29 is 0 Å². The summed E-state index contributed by atoms with van der Waals surface area (Å²) in [6, 6.07) is 11.0. The van der Waals surface area contributed by atoms with Gasteiger partial charge in [-0.15, -0.1) is 11.3 Å². The summed E-state index contributed by atoms with van der Waals surface area (Å²) in [4.78, 5) is 20.1. The zero-order valence-electron chi connectivity index (χ0n) is 19.7. The molecule has 0 unspecified atom stereocenters. The summed E-state index contributed by atoms with van der Waals surface area (Å²) in [5.41, 5.74) is 10.1. The van der Waals surface area contributed by atoms with Gasteiger partial charge in [0.2, 0.25) is 0 Å². The average molecular weight is 483 g/mol. The fourth-order valence-electron chi connectivity index (χ4n) is 5.20. The molecule has 0 saturated carbocycles. The van der Waals surface area contributed by atoms with Gasteiger partial charge in [-0.1, -0.05) is 6.92 Å². The van der Waals surface area contributed by atoms with E-state index in [0.717, 1.165) is 82.3 Å². The van der Waals surface area contributed by atoms with Gasteiger partial charge in [0, 0.05) is 43.6 Å². The lowest BCUT2D eigenvalue weighted by Gasteiger charge is -2.29. The minimum absolute atomic E-state index is 0.896. The second-order valence-electron chi connectivity index (χ2n) is 9.15. The summed E-state index contributed by atoms with van der Waals surface area (Å²) in [5.74, 6) is 0.926. The van der Waals surface area contributed by atoms with E-state index in [1.807, 2.05) is 4.52 Å². The van der Waals surface area contributed by atoms with Gasteiger partial charge in [0.15, 0.2) is 5.65 Å². The van der Waals surface area contributed by atoms with Crippen molar-refractivity contribution in [2.75, 3.05) is 31.1 Å². The lowest BCUT2D eigenvalue weighted by molar-refractivity contribution is 0.589. The van der Waals surface area contributed by atoms with Crippen molar-refractivity contribution in [1.29, 1.82) is 0 Å². The first kappa shape index (κ1) is 20.7. The van der Waals surface area contributed by atoms with Crippen molar-refractivity contribution in [2.24, 2.45) is 0 Å². The van der Waals surface area contributed by atoms with Gasteiger partial charge in [-0.2, -0.15) is 5.10 Å². The minimum Gasteiger partial charge on any atom is -0.369 e. The van der Waals surface area contributed by atoms with Crippen LogP contribution in [0.1, 0.15) is 18.1 Å². The number of hydrogen-bond acceptors (Lipinski definition) is 6. The molecule has 0 atom stereocenters. The smallest absolute Gasteiger partial charge is 0.158 e. The van der Waals surface area contributed by atoms with Crippen LogP contribution in [0.5, 0.6) is 0 Å². The third-order valence-corrected chi connectivity index (χ3v) is 8.15. The van der Waals surface area contributed by atoms with Crippen LogP contribution in [0.25, 0.3) is 48.9 Å². The maximum atomic E-state index is 4.91. The molecule has 176 valence electrons. The van der Waals surface area contributed by atoms with Gasteiger partial charge < -0.3 is 20.2 Å². The molecular formula is C26H26N8S. The molecule has 6 heterocycles. The SMILES string of the molecule is CCc1c(-c2cc(C)c3ncnn3c2)[nH]c2cc(-c3nc4ccc(N5CCNCC5)cc4[nH]3)sc12. The molecule has 0 bridgehead atoms. The van der Waals surface area contributed by atoms with Crippen LogP contribution >= 0.6 is 11.3 Å². The Morgan fingerprint density at radius 2 is 1.94 bits per heavy atom. The Morgan fingerprint density at radius 3 is 2.80 bits per heavy atom. The molecule has 1 aliphatic rings. The molecule has 0 spiro atoms. The minimum atomic E-state index is 0.896. The number of hydrogen-bond donors (Lipinski definition) is 3. The Kier molecular flexibility index (Phi) is 4.68. The number of nitrogens with one attached hydrogen (secondary N) is 3. The molecule has 3 N–H and O–H groups in total. The number of pyridine rings is 1. The maximum Gasteiger partial charge on any atom is 0.158 e. The highest BCUT2D eigenvalue weighted by Crippen LogP contribution is 2.40. The molecule has 8 nitrogen and oxygen atoms in total. The molecule has 0 aliphatic carbocycles. The first-order chi connectivity index (χ1) is 17.2. The van der Waals surface area contributed by atoms with E-state index in [2.05, 4.69) is 80.6 Å². The van der Waals surface area contributed by atoms with Crippen LogP contribution in [0, 0.1) is 6.92 Å². The summed E-state index contributed by atoms with van der Waals surface area (Å²) in [6.45, 7) is 8.42. The van der Waals surface area contributed by atoms with E-state index in [1.165, 1.54) is 16.0 Å². The Morgan fingerprint density at radius 1 is 1.06 bits per heavy atom. The predicted molar refractivity (Wildman–Crippen MR) is 142 cm³/mol. The number of piperazine rings is 1. The van der Waals surface area contributed by atoms with E-state index in [0.29, 0.717) is 0 Å². The first-order valence-corrected chi connectivity index (χ1v) is 12.9. The Labute approximate surface area is 206 Å². The molecule has 6 aromatic rings. The van der Waals surface area contributed by atoms with Crippen molar-refractivity contribution in [1.82, 2.24) is 34.9 Å². The van der Waals surface area contributed by atoms with E-state index in [4.69, 9.17) is 4.98 Å². The highest BCUT2D eigenvalue weighted by Gasteiger charge is 2.19. The van der Waals surface area contributed by atoms with Crippen LogP contribution in [0.2, 0.25) is 0 Å². The van der Waals surface area contributed by atoms with Gasteiger partial charge in [0.1, 0.15) is 12.2 Å². The molecular weight excluding hydrogens is 456 g/mol. The van der Waals surface area contributed by atoms with E-state index in [9.17, 15) is 0 Å². The molecule has 0 radical (unpaired) electrons. The largest absolute Gasteiger partial charge is 0.369 e. The Hall–Kier alpha value is -3.69. The number of anilines is 1. The number of aryl methyl sites for hydroxylation is 2. The van der Waals surface area contributed by atoms with E-state index in [1.54, 1.807) is 17.7 Å². The van der Waals surface area contributed by atoms with Crippen molar-refractivity contribution in [2.45, 2.75) is 20.3 Å². The summed E-state index contributed by atoms with van der Waals surface area (Å²) < 4.78 is 3.14. The van der Waals surface area contributed by atoms with E-state index >= 15 is 0 Å². The number of fused-ring (bicyclic) bond motifs is 3. The van der Waals surface area contributed by atoms with Crippen LogP contribution < -0.4 is 10.2 Å². The highest BCUT2D eigenvalue weighted by molar-refractivity contribution is 7.22. The summed E-state index contributed by atoms with van der Waals surface area (Å²) in [6.07, 6.45) is 4.60. The highest BCUT2D eigenvalue weighted by atomic mass is 32.1. The number of imidazole rings is 1. The van der Waals surface area contributed by atoms with Crippen molar-refractivity contribution >= 4 is 43.9 Å². The van der Waals surface area contributed by atoms with Crippen molar-refractivity contribution in [3.05, 3.63) is 54.0 Å². The van der Waals surface area contributed by atoms with Gasteiger partial charge in [0.25, 0.3) is 0 Å². The molecule has 1 aliphatic heterocycles. The molecule has 1 aromatic carbocycles. The number of aromatic amines is 2. The summed E-state index contributed by atoms with van der Waals surface area (Å²) >= 11 is 1.80. The Bertz CT molecular complexity index is 1690. The average Bonchev–Trinajstić information content (AvgIpc) is 3.65. The van der Waals surface area contributed by atoms with E-state index in [-0.39, 0.29) is 0 Å². The number of aromatic nitrogens is 6. The standard InChI is InChI=1S/C26H26N8S/c1-3-18-23(16-10-15(2)26-28-14-29-34(26)13-16)30-21-12-22(35-24(18)21)25-31-19-5-4-17(11-20(19)32-25)33-8-6-27-7-9-33/h4-5,10-14,27,30H,3,6-9H2,1-2H3,(H,31,32). The van der Waals surface area contributed by atoms with Gasteiger partial charge in [-0.25, -0.2) is 14.5 Å². The number of H-pyrrole nitrogens is 2. The predicted octanol–water partition coefficient (Wildman–Crippen LogP) is 4.76. The third-order valence-electron chi connectivity index (χ3n) is 6.95. The maximum absolute atomic E-state index is 4.91. The van der Waals surface area contributed by atoms with Gasteiger partial charge in [0.05, 0.1) is 31.8 Å². The second-order valence-corrected chi connectivity index (χ2v) is 10.2. The van der Waals surface area contributed by atoms with Crippen LogP contribution in [-0.2, 0) is 6.42 Å². The number of thiophene rings is 1. The van der Waals surface area contributed by atoms with Crippen LogP contribution in [0.4, 0.5) is 5.69 Å². The second kappa shape index (κ2) is 7.93. The molecule has 9 heteroatoms. The van der Waals surface area contributed by atoms with Crippen molar-refractivity contribution in [3.8, 4) is 22.0 Å². The normalized spacial score (nSPS) is 14.6. The number of rotatable bonds is 4. The molecule has 35 heavy (non-hydrogen) atoms. The lowest BCUT2D eigenvalue weighted by Crippen LogP contribution is -2.43. The zero-order chi connectivity index (χ0) is 23.5. The monoisotopic (exact) mass is 482 g/mol. The third kappa shape index (κ3) is 3.34. The van der Waals surface area contributed by atoms with Crippen LogP contribution in [-0.4, -0.2) is 55.7 Å². The van der Waals surface area contributed by atoms with E-state index < -0.39 is 0 Å². The van der Waals surface area contributed by atoms with Gasteiger partial charge >= 0.3 is 0 Å². The van der Waals surface area contributed by atoms with Crippen LogP contribution in [0.3, 0.4) is 0 Å². The molecule has 7 rings (SSSR count).